The Balaban J connectivity index is 1.51. The molecule has 2 unspecified atom stereocenters. The molecule has 3 fully saturated rings. The molecular weight excluding hydrogens is 476 g/mol. The summed E-state index contributed by atoms with van der Waals surface area (Å²) >= 11 is 0. The molecule has 0 radical (unpaired) electrons. The highest BCUT2D eigenvalue weighted by atomic mass is 16.7. The Morgan fingerprint density at radius 1 is 0.846 bits per heavy atom. The maximum atomic E-state index is 6.90. The first-order valence-corrected chi connectivity index (χ1v) is 17.1. The van der Waals surface area contributed by atoms with E-state index < -0.39 is 0 Å². The zero-order chi connectivity index (χ0) is 27.7. The summed E-state index contributed by atoms with van der Waals surface area (Å²) < 4.78 is 13.7. The van der Waals surface area contributed by atoms with Crippen molar-refractivity contribution in [3.8, 4) is 5.75 Å². The first-order chi connectivity index (χ1) is 18.7. The predicted octanol–water partition coefficient (Wildman–Crippen LogP) is 11.5. The monoisotopic (exact) mass is 538 g/mol. The van der Waals surface area contributed by atoms with Crippen molar-refractivity contribution in [1.29, 1.82) is 0 Å². The van der Waals surface area contributed by atoms with E-state index in [0.29, 0.717) is 22.7 Å². The van der Waals surface area contributed by atoms with Crippen LogP contribution in [0.3, 0.4) is 0 Å². The summed E-state index contributed by atoms with van der Waals surface area (Å²) in [6.07, 6.45) is 24.5. The lowest BCUT2D eigenvalue weighted by Crippen LogP contribution is -2.40. The van der Waals surface area contributed by atoms with E-state index in [4.69, 9.17) is 9.47 Å². The molecule has 3 aliphatic rings. The summed E-state index contributed by atoms with van der Waals surface area (Å²) in [7, 11) is 0. The van der Waals surface area contributed by atoms with Crippen molar-refractivity contribution in [2.24, 2.45) is 28.6 Å². The number of hydrogen-bond acceptors (Lipinski definition) is 2. The molecule has 3 saturated carbocycles. The van der Waals surface area contributed by atoms with E-state index in [1.807, 2.05) is 0 Å². The smallest absolute Gasteiger partial charge is 0.200 e. The summed E-state index contributed by atoms with van der Waals surface area (Å²) in [5.41, 5.74) is 2.15. The summed E-state index contributed by atoms with van der Waals surface area (Å²) in [6, 6.07) is 9.08. The van der Waals surface area contributed by atoms with Gasteiger partial charge in [-0.05, 0) is 90.7 Å². The van der Waals surface area contributed by atoms with Gasteiger partial charge in [-0.15, -0.1) is 0 Å². The summed E-state index contributed by atoms with van der Waals surface area (Å²) in [6.45, 7) is 12.7. The molecule has 0 saturated heterocycles. The molecule has 2 heteroatoms. The molecule has 39 heavy (non-hydrogen) atoms. The van der Waals surface area contributed by atoms with Gasteiger partial charge >= 0.3 is 0 Å². The van der Waals surface area contributed by atoms with Gasteiger partial charge in [0.05, 0.1) is 6.61 Å². The van der Waals surface area contributed by atoms with E-state index in [9.17, 15) is 0 Å². The van der Waals surface area contributed by atoms with Gasteiger partial charge in [0.1, 0.15) is 5.75 Å². The maximum absolute atomic E-state index is 6.90. The second-order valence-corrected chi connectivity index (χ2v) is 15.4. The minimum absolute atomic E-state index is 0.121. The van der Waals surface area contributed by atoms with Crippen LogP contribution in [0.2, 0.25) is 0 Å². The lowest BCUT2D eigenvalue weighted by molar-refractivity contribution is -0.125. The van der Waals surface area contributed by atoms with Crippen molar-refractivity contribution in [3.63, 3.8) is 0 Å². The molecule has 1 aromatic carbocycles. The van der Waals surface area contributed by atoms with Crippen LogP contribution in [0.1, 0.15) is 162 Å². The van der Waals surface area contributed by atoms with Crippen molar-refractivity contribution >= 4 is 0 Å². The topological polar surface area (TPSA) is 18.5 Å². The zero-order valence-electron chi connectivity index (χ0n) is 26.4. The van der Waals surface area contributed by atoms with E-state index >= 15 is 0 Å². The average molecular weight is 539 g/mol. The van der Waals surface area contributed by atoms with Gasteiger partial charge in [-0.25, -0.2) is 0 Å². The van der Waals surface area contributed by atoms with E-state index in [0.717, 1.165) is 30.6 Å². The molecule has 222 valence electrons. The normalized spacial score (nSPS) is 23.0. The van der Waals surface area contributed by atoms with Gasteiger partial charge in [0.15, 0.2) is 6.29 Å². The van der Waals surface area contributed by atoms with Crippen LogP contribution in [0.15, 0.2) is 24.3 Å². The fourth-order valence-corrected chi connectivity index (χ4v) is 8.43. The molecule has 0 N–H and O–H groups in total. The average Bonchev–Trinajstić information content (AvgIpc) is 2.93. The van der Waals surface area contributed by atoms with Crippen LogP contribution >= 0.6 is 0 Å². The summed E-state index contributed by atoms with van der Waals surface area (Å²) in [5.74, 6) is 3.89. The quantitative estimate of drug-likeness (QED) is 0.246. The predicted molar refractivity (Wildman–Crippen MR) is 166 cm³/mol. The highest BCUT2D eigenvalue weighted by Gasteiger charge is 2.42. The first kappa shape index (κ1) is 30.9. The lowest BCUT2D eigenvalue weighted by atomic mass is 9.60. The van der Waals surface area contributed by atoms with Crippen LogP contribution in [0, 0.1) is 28.6 Å². The van der Waals surface area contributed by atoms with Crippen molar-refractivity contribution < 1.29 is 9.47 Å². The molecule has 0 heterocycles. The van der Waals surface area contributed by atoms with Crippen molar-refractivity contribution in [3.05, 3.63) is 29.8 Å². The zero-order valence-corrected chi connectivity index (χ0v) is 26.4. The third kappa shape index (κ3) is 9.51. The molecule has 1 aromatic rings. The number of benzene rings is 1. The van der Waals surface area contributed by atoms with E-state index in [2.05, 4.69) is 58.9 Å². The van der Waals surface area contributed by atoms with Crippen LogP contribution in [0.25, 0.3) is 0 Å². The fourth-order valence-electron chi connectivity index (χ4n) is 8.43. The van der Waals surface area contributed by atoms with Crippen molar-refractivity contribution in [2.45, 2.75) is 162 Å². The van der Waals surface area contributed by atoms with Gasteiger partial charge in [-0.3, -0.25) is 0 Å². The van der Waals surface area contributed by atoms with E-state index in [1.54, 1.807) is 0 Å². The molecule has 4 rings (SSSR count). The largest absolute Gasteiger partial charge is 0.465 e. The highest BCUT2D eigenvalue weighted by Crippen LogP contribution is 2.51. The standard InChI is InChI=1S/C37H62O2/c1-29(2)34(27-36(3,4)5)31-18-15-21-33(26-31)39-35(38-25-22-30-16-9-6-10-17-30)28-37(23-13-8-14-24-37)32-19-11-7-12-20-32/h15,18,21,26,29-30,32,34-35H,6-14,16-17,19-20,22-25,27-28H2,1-5H3. The Morgan fingerprint density at radius 2 is 1.49 bits per heavy atom. The molecule has 0 aromatic heterocycles. The SMILES string of the molecule is CC(C)C(CC(C)(C)C)c1cccc(OC(CC2(C3CCCCC3)CCCCC2)OCCC2CCCCC2)c1. The van der Waals surface area contributed by atoms with Crippen LogP contribution < -0.4 is 4.74 Å². The van der Waals surface area contributed by atoms with E-state index in [-0.39, 0.29) is 6.29 Å². The van der Waals surface area contributed by atoms with Gasteiger partial charge in [-0.1, -0.05) is 117 Å². The summed E-state index contributed by atoms with van der Waals surface area (Å²) in [5, 5.41) is 0. The third-order valence-electron chi connectivity index (χ3n) is 10.6. The second kappa shape index (κ2) is 14.7. The van der Waals surface area contributed by atoms with Gasteiger partial charge in [-0.2, -0.15) is 0 Å². The second-order valence-electron chi connectivity index (χ2n) is 15.4. The van der Waals surface area contributed by atoms with Gasteiger partial charge in [0, 0.05) is 6.42 Å². The first-order valence-electron chi connectivity index (χ1n) is 17.1. The highest BCUT2D eigenvalue weighted by molar-refractivity contribution is 5.31. The van der Waals surface area contributed by atoms with E-state index in [1.165, 1.54) is 115 Å². The van der Waals surface area contributed by atoms with Crippen LogP contribution in [0.5, 0.6) is 5.75 Å². The third-order valence-corrected chi connectivity index (χ3v) is 10.6. The minimum atomic E-state index is -0.121. The van der Waals surface area contributed by atoms with Crippen LogP contribution in [0.4, 0.5) is 0 Å². The molecule has 2 atom stereocenters. The Kier molecular flexibility index (Phi) is 11.7. The minimum Gasteiger partial charge on any atom is -0.465 e. The molecule has 3 aliphatic carbocycles. The van der Waals surface area contributed by atoms with Crippen LogP contribution in [-0.4, -0.2) is 12.9 Å². The number of hydrogen-bond donors (Lipinski definition) is 0. The van der Waals surface area contributed by atoms with Crippen molar-refractivity contribution in [2.75, 3.05) is 6.61 Å². The molecule has 2 nitrogen and oxygen atoms in total. The molecule has 0 aliphatic heterocycles. The number of ether oxygens (including phenoxy) is 2. The van der Waals surface area contributed by atoms with Gasteiger partial charge in [0.25, 0.3) is 0 Å². The van der Waals surface area contributed by atoms with Gasteiger partial charge in [0.2, 0.25) is 0 Å². The molecule has 0 spiro atoms. The van der Waals surface area contributed by atoms with Crippen LogP contribution in [-0.2, 0) is 4.74 Å². The lowest BCUT2D eigenvalue weighted by Gasteiger charge is -2.47. The fraction of sp³-hybridized carbons (Fsp3) is 0.838. The Labute approximate surface area is 242 Å². The molecule has 0 amide bonds. The Morgan fingerprint density at radius 3 is 2.13 bits per heavy atom. The Hall–Kier alpha value is -1.02. The summed E-state index contributed by atoms with van der Waals surface area (Å²) in [4.78, 5) is 0. The van der Waals surface area contributed by atoms with Crippen molar-refractivity contribution in [1.82, 2.24) is 0 Å². The molecule has 0 bridgehead atoms. The van der Waals surface area contributed by atoms with Gasteiger partial charge < -0.3 is 9.47 Å². The Bertz CT molecular complexity index is 818. The maximum Gasteiger partial charge on any atom is 0.200 e. The molecular formula is C37H62O2. The number of rotatable bonds is 12.